The van der Waals surface area contributed by atoms with E-state index in [-0.39, 0.29) is 34.5 Å². The molecular formula is C30H25FN6O4. The second kappa shape index (κ2) is 9.63. The van der Waals surface area contributed by atoms with Crippen LogP contribution in [0.25, 0.3) is 16.6 Å². The van der Waals surface area contributed by atoms with E-state index in [0.29, 0.717) is 28.2 Å². The number of ketones is 1. The first-order valence-corrected chi connectivity index (χ1v) is 12.8. The molecule has 3 aromatic carbocycles. The molecule has 0 spiro atoms. The normalized spacial score (nSPS) is 15.0. The standard InChI is InChI=1S/C30H25FN6O4/c1-15-10-18-12-23(35-22(18)13-25(15)36-29(39)17(3)34-30(36)40)27(38)20-14-33-37(28(20)32)24-9-8-19(11-16(24)2)41-26-7-5-4-6-21(26)31/h4-14,17,35H,32H2,1-3H3,(H,34,40)/t17-/m1/s1. The second-order valence-electron chi connectivity index (χ2n) is 9.92. The van der Waals surface area contributed by atoms with Gasteiger partial charge >= 0.3 is 6.03 Å². The Morgan fingerprint density at radius 1 is 1.02 bits per heavy atom. The number of halogens is 1. The highest BCUT2D eigenvalue weighted by Gasteiger charge is 2.37. The topological polar surface area (TPSA) is 135 Å². The predicted octanol–water partition coefficient (Wildman–Crippen LogP) is 5.16. The van der Waals surface area contributed by atoms with E-state index in [9.17, 15) is 18.8 Å². The van der Waals surface area contributed by atoms with Crippen LogP contribution in [0.15, 0.2) is 66.9 Å². The van der Waals surface area contributed by atoms with Crippen LogP contribution in [0.2, 0.25) is 0 Å². The van der Waals surface area contributed by atoms with E-state index in [4.69, 9.17) is 10.5 Å². The molecular weight excluding hydrogens is 527 g/mol. The molecule has 5 aromatic rings. The van der Waals surface area contributed by atoms with Crippen LogP contribution in [-0.4, -0.2) is 38.5 Å². The van der Waals surface area contributed by atoms with E-state index in [0.717, 1.165) is 15.8 Å². The molecule has 11 heteroatoms. The summed E-state index contributed by atoms with van der Waals surface area (Å²) in [6, 6.07) is 15.3. The zero-order valence-electron chi connectivity index (χ0n) is 22.4. The number of aryl methyl sites for hydroxylation is 2. The Balaban J connectivity index is 1.28. The van der Waals surface area contributed by atoms with Gasteiger partial charge in [0.25, 0.3) is 5.91 Å². The van der Waals surface area contributed by atoms with Gasteiger partial charge in [-0.2, -0.15) is 5.10 Å². The number of hydrogen-bond acceptors (Lipinski definition) is 6. The zero-order valence-corrected chi connectivity index (χ0v) is 22.4. The number of imide groups is 1. The minimum atomic E-state index is -0.614. The van der Waals surface area contributed by atoms with Gasteiger partial charge in [0.2, 0.25) is 5.78 Å². The third-order valence-electron chi connectivity index (χ3n) is 7.07. The van der Waals surface area contributed by atoms with Crippen molar-refractivity contribution in [2.24, 2.45) is 0 Å². The maximum atomic E-state index is 14.0. The van der Waals surface area contributed by atoms with Gasteiger partial charge in [-0.25, -0.2) is 18.8 Å². The van der Waals surface area contributed by atoms with Crippen LogP contribution in [0.1, 0.15) is 34.1 Å². The summed E-state index contributed by atoms with van der Waals surface area (Å²) in [6.45, 7) is 5.25. The highest BCUT2D eigenvalue weighted by molar-refractivity contribution is 6.22. The molecule has 6 rings (SSSR count). The molecule has 1 aliphatic rings. The lowest BCUT2D eigenvalue weighted by molar-refractivity contribution is -0.117. The Kier molecular flexibility index (Phi) is 6.06. The Morgan fingerprint density at radius 2 is 1.78 bits per heavy atom. The lowest BCUT2D eigenvalue weighted by atomic mass is 10.1. The minimum Gasteiger partial charge on any atom is -0.454 e. The van der Waals surface area contributed by atoms with E-state index in [1.165, 1.54) is 23.0 Å². The number of aromatic nitrogens is 3. The number of nitrogens with one attached hydrogen (secondary N) is 2. The maximum absolute atomic E-state index is 14.0. The third kappa shape index (κ3) is 4.37. The van der Waals surface area contributed by atoms with Gasteiger partial charge < -0.3 is 20.8 Å². The van der Waals surface area contributed by atoms with Crippen molar-refractivity contribution >= 4 is 40.1 Å². The number of para-hydroxylation sites is 1. The quantitative estimate of drug-likeness (QED) is 0.197. The number of ether oxygens (including phenoxy) is 1. The molecule has 206 valence electrons. The van der Waals surface area contributed by atoms with Crippen LogP contribution in [0.5, 0.6) is 11.5 Å². The van der Waals surface area contributed by atoms with Crippen LogP contribution in [0.3, 0.4) is 0 Å². The fraction of sp³-hybridized carbons (Fsp3) is 0.133. The number of anilines is 2. The van der Waals surface area contributed by atoms with Crippen LogP contribution in [0.4, 0.5) is 20.7 Å². The highest BCUT2D eigenvalue weighted by atomic mass is 19.1. The van der Waals surface area contributed by atoms with E-state index < -0.39 is 17.9 Å². The van der Waals surface area contributed by atoms with Crippen molar-refractivity contribution in [1.29, 1.82) is 0 Å². The summed E-state index contributed by atoms with van der Waals surface area (Å²) in [5, 5.41) is 7.69. The van der Waals surface area contributed by atoms with Crippen molar-refractivity contribution in [2.45, 2.75) is 26.8 Å². The molecule has 0 bridgehead atoms. The van der Waals surface area contributed by atoms with Crippen LogP contribution in [0, 0.1) is 19.7 Å². The number of fused-ring (bicyclic) bond motifs is 1. The number of urea groups is 1. The van der Waals surface area contributed by atoms with Gasteiger partial charge in [-0.15, -0.1) is 0 Å². The van der Waals surface area contributed by atoms with Gasteiger partial charge in [-0.1, -0.05) is 12.1 Å². The fourth-order valence-electron chi connectivity index (χ4n) is 4.93. The number of benzene rings is 3. The van der Waals surface area contributed by atoms with E-state index >= 15 is 0 Å². The highest BCUT2D eigenvalue weighted by Crippen LogP contribution is 2.32. The van der Waals surface area contributed by atoms with E-state index in [1.54, 1.807) is 56.3 Å². The van der Waals surface area contributed by atoms with Gasteiger partial charge in [0.15, 0.2) is 11.6 Å². The van der Waals surface area contributed by atoms with Crippen molar-refractivity contribution in [3.05, 3.63) is 95.1 Å². The second-order valence-corrected chi connectivity index (χ2v) is 9.92. The predicted molar refractivity (Wildman–Crippen MR) is 151 cm³/mol. The number of carbonyl (C=O) groups is 3. The lowest BCUT2D eigenvalue weighted by Gasteiger charge is -2.15. The zero-order chi connectivity index (χ0) is 29.0. The maximum Gasteiger partial charge on any atom is 0.329 e. The SMILES string of the molecule is Cc1cc2cc(C(=O)c3cnn(-c4ccc(Oc5ccccc5F)cc4C)c3N)[nH]c2cc1N1C(=O)N[C@H](C)C1=O. The summed E-state index contributed by atoms with van der Waals surface area (Å²) in [5.41, 5.74) is 9.97. The number of nitrogen functional groups attached to an aromatic ring is 1. The summed E-state index contributed by atoms with van der Waals surface area (Å²) < 4.78 is 21.1. The van der Waals surface area contributed by atoms with Gasteiger partial charge in [-0.3, -0.25) is 9.59 Å². The first-order valence-electron chi connectivity index (χ1n) is 12.8. The van der Waals surface area contributed by atoms with Crippen molar-refractivity contribution in [1.82, 2.24) is 20.1 Å². The average molecular weight is 553 g/mol. The Morgan fingerprint density at radius 3 is 2.49 bits per heavy atom. The summed E-state index contributed by atoms with van der Waals surface area (Å²) in [6.07, 6.45) is 1.40. The average Bonchev–Trinajstić information content (AvgIpc) is 3.59. The summed E-state index contributed by atoms with van der Waals surface area (Å²) in [5.74, 6) is -0.496. The van der Waals surface area contributed by atoms with Gasteiger partial charge in [-0.05, 0) is 80.4 Å². The molecule has 1 aliphatic heterocycles. The molecule has 3 heterocycles. The molecule has 10 nitrogen and oxygen atoms in total. The van der Waals surface area contributed by atoms with Crippen LogP contribution < -0.4 is 20.7 Å². The molecule has 4 N–H and O–H groups in total. The van der Waals surface area contributed by atoms with Gasteiger partial charge in [0, 0.05) is 10.9 Å². The molecule has 0 saturated carbocycles. The third-order valence-corrected chi connectivity index (χ3v) is 7.07. The monoisotopic (exact) mass is 552 g/mol. The number of aromatic amines is 1. The summed E-state index contributed by atoms with van der Waals surface area (Å²) in [4.78, 5) is 42.6. The molecule has 2 aromatic heterocycles. The number of nitrogens with two attached hydrogens (primary N) is 1. The number of rotatable bonds is 6. The molecule has 1 atom stereocenters. The smallest absolute Gasteiger partial charge is 0.329 e. The van der Waals surface area contributed by atoms with Gasteiger partial charge in [0.1, 0.15) is 17.6 Å². The van der Waals surface area contributed by atoms with Crippen LogP contribution in [-0.2, 0) is 4.79 Å². The lowest BCUT2D eigenvalue weighted by Crippen LogP contribution is -2.31. The number of nitrogens with zero attached hydrogens (tertiary/aromatic N) is 3. The molecule has 3 amide bonds. The Hall–Kier alpha value is -5.45. The molecule has 1 saturated heterocycles. The van der Waals surface area contributed by atoms with Crippen molar-refractivity contribution in [3.63, 3.8) is 0 Å². The van der Waals surface area contributed by atoms with Gasteiger partial charge in [0.05, 0.1) is 28.8 Å². The largest absolute Gasteiger partial charge is 0.454 e. The van der Waals surface area contributed by atoms with E-state index in [2.05, 4.69) is 15.4 Å². The molecule has 41 heavy (non-hydrogen) atoms. The van der Waals surface area contributed by atoms with Crippen molar-refractivity contribution in [3.8, 4) is 17.2 Å². The first-order chi connectivity index (χ1) is 19.6. The molecule has 1 fully saturated rings. The summed E-state index contributed by atoms with van der Waals surface area (Å²) in [7, 11) is 0. The minimum absolute atomic E-state index is 0.108. The van der Waals surface area contributed by atoms with Crippen molar-refractivity contribution in [2.75, 3.05) is 10.6 Å². The number of H-pyrrole nitrogens is 1. The van der Waals surface area contributed by atoms with E-state index in [1.807, 2.05) is 13.0 Å². The Labute approximate surface area is 233 Å². The molecule has 0 aliphatic carbocycles. The first kappa shape index (κ1) is 25.8. The number of carbonyl (C=O) groups excluding carboxylic acids is 3. The van der Waals surface area contributed by atoms with Crippen LogP contribution >= 0.6 is 0 Å². The fourth-order valence-corrected chi connectivity index (χ4v) is 4.93. The van der Waals surface area contributed by atoms with Crippen molar-refractivity contribution < 1.29 is 23.5 Å². The summed E-state index contributed by atoms with van der Waals surface area (Å²) >= 11 is 0. The number of amides is 3. The Bertz CT molecular complexity index is 1890. The molecule has 0 radical (unpaired) electrons. The molecule has 0 unspecified atom stereocenters. The number of hydrogen-bond donors (Lipinski definition) is 3.